The quantitative estimate of drug-likeness (QED) is 0.404. The summed E-state index contributed by atoms with van der Waals surface area (Å²) in [4.78, 5) is 7.51. The molecular formula is C27H27N3S. The van der Waals surface area contributed by atoms with Crippen LogP contribution in [-0.2, 0) is 6.54 Å². The Hall–Kier alpha value is -2.95. The number of anilines is 2. The Morgan fingerprint density at radius 3 is 2.19 bits per heavy atom. The van der Waals surface area contributed by atoms with E-state index in [9.17, 15) is 0 Å². The maximum Gasteiger partial charge on any atom is 0.0455 e. The monoisotopic (exact) mass is 425 g/mol. The van der Waals surface area contributed by atoms with Gasteiger partial charge in [-0.3, -0.25) is 4.90 Å². The number of piperazine rings is 1. The zero-order valence-electron chi connectivity index (χ0n) is 17.6. The van der Waals surface area contributed by atoms with Gasteiger partial charge in [-0.2, -0.15) is 0 Å². The fraction of sp³-hybridized carbons (Fsp3) is 0.185. The molecule has 4 aromatic carbocycles. The summed E-state index contributed by atoms with van der Waals surface area (Å²) in [5.74, 6) is 0. The predicted octanol–water partition coefficient (Wildman–Crippen LogP) is 5.90. The van der Waals surface area contributed by atoms with E-state index in [1.54, 1.807) is 11.8 Å². The highest BCUT2D eigenvalue weighted by molar-refractivity contribution is 7.99. The van der Waals surface area contributed by atoms with Crippen LogP contribution < -0.4 is 10.6 Å². The van der Waals surface area contributed by atoms with Crippen LogP contribution in [0.4, 0.5) is 11.4 Å². The summed E-state index contributed by atoms with van der Waals surface area (Å²) in [6.45, 7) is 5.20. The van der Waals surface area contributed by atoms with E-state index in [2.05, 4.69) is 82.6 Å². The third-order valence-corrected chi connectivity index (χ3v) is 7.19. The van der Waals surface area contributed by atoms with Crippen LogP contribution in [0.3, 0.4) is 0 Å². The molecular weight excluding hydrogens is 398 g/mol. The Morgan fingerprint density at radius 1 is 0.677 bits per heavy atom. The topological polar surface area (TPSA) is 32.5 Å². The number of para-hydroxylation sites is 1. The Kier molecular flexibility index (Phi) is 5.83. The third kappa shape index (κ3) is 4.41. The van der Waals surface area contributed by atoms with Crippen molar-refractivity contribution >= 4 is 33.9 Å². The number of rotatable bonds is 5. The summed E-state index contributed by atoms with van der Waals surface area (Å²) in [5.41, 5.74) is 9.74. The molecule has 1 saturated heterocycles. The van der Waals surface area contributed by atoms with Crippen LogP contribution in [-0.4, -0.2) is 31.1 Å². The van der Waals surface area contributed by atoms with Gasteiger partial charge in [0.15, 0.2) is 0 Å². The molecule has 0 unspecified atom stereocenters. The molecule has 0 aliphatic carbocycles. The van der Waals surface area contributed by atoms with Crippen LogP contribution in [0.1, 0.15) is 5.56 Å². The van der Waals surface area contributed by atoms with Gasteiger partial charge in [-0.05, 0) is 35.2 Å². The molecule has 156 valence electrons. The van der Waals surface area contributed by atoms with Crippen molar-refractivity contribution in [1.82, 2.24) is 4.90 Å². The maximum atomic E-state index is 6.18. The third-order valence-electron chi connectivity index (χ3n) is 5.99. The lowest BCUT2D eigenvalue weighted by Crippen LogP contribution is -2.46. The second-order valence-electron chi connectivity index (χ2n) is 8.01. The number of nitrogens with two attached hydrogens (primary N) is 1. The van der Waals surface area contributed by atoms with Gasteiger partial charge >= 0.3 is 0 Å². The minimum absolute atomic E-state index is 0.839. The standard InChI is InChI=1S/C27H27N3S/c28-24-12-4-6-15-27(24)31-26-14-5-2-9-22(26)20-29-16-18-30(19-17-29)25-13-7-10-21-8-1-3-11-23(21)25/h1-15H,16-20,28H2. The molecule has 0 radical (unpaired) electrons. The average Bonchev–Trinajstić information content (AvgIpc) is 2.82. The zero-order chi connectivity index (χ0) is 21.0. The van der Waals surface area contributed by atoms with Gasteiger partial charge < -0.3 is 10.6 Å². The Morgan fingerprint density at radius 2 is 1.35 bits per heavy atom. The molecule has 4 heteroatoms. The van der Waals surface area contributed by atoms with Crippen molar-refractivity contribution in [1.29, 1.82) is 0 Å². The molecule has 2 N–H and O–H groups in total. The van der Waals surface area contributed by atoms with Gasteiger partial charge in [-0.25, -0.2) is 0 Å². The van der Waals surface area contributed by atoms with Gasteiger partial charge in [0, 0.05) is 59.3 Å². The van der Waals surface area contributed by atoms with Gasteiger partial charge in [0.25, 0.3) is 0 Å². The van der Waals surface area contributed by atoms with Crippen LogP contribution in [0.2, 0.25) is 0 Å². The second-order valence-corrected chi connectivity index (χ2v) is 9.09. The minimum Gasteiger partial charge on any atom is -0.398 e. The lowest BCUT2D eigenvalue weighted by Gasteiger charge is -2.37. The molecule has 0 spiro atoms. The van der Waals surface area contributed by atoms with Crippen LogP contribution in [0.15, 0.2) is 101 Å². The van der Waals surface area contributed by atoms with Gasteiger partial charge in [0.1, 0.15) is 0 Å². The first-order valence-electron chi connectivity index (χ1n) is 10.8. The number of benzene rings is 4. The van der Waals surface area contributed by atoms with Crippen molar-refractivity contribution in [2.24, 2.45) is 0 Å². The van der Waals surface area contributed by atoms with E-state index >= 15 is 0 Å². The summed E-state index contributed by atoms with van der Waals surface area (Å²) in [5, 5.41) is 2.66. The Bertz CT molecular complexity index is 1180. The van der Waals surface area contributed by atoms with Gasteiger partial charge in [0.05, 0.1) is 0 Å². The van der Waals surface area contributed by atoms with Crippen LogP contribution in [0.5, 0.6) is 0 Å². The molecule has 5 rings (SSSR count). The summed E-state index contributed by atoms with van der Waals surface area (Å²) < 4.78 is 0. The first-order chi connectivity index (χ1) is 15.3. The van der Waals surface area contributed by atoms with Crippen molar-refractivity contribution < 1.29 is 0 Å². The number of hydrogen-bond acceptors (Lipinski definition) is 4. The van der Waals surface area contributed by atoms with Gasteiger partial charge in [0.2, 0.25) is 0 Å². The van der Waals surface area contributed by atoms with Crippen LogP contribution >= 0.6 is 11.8 Å². The average molecular weight is 426 g/mol. The zero-order valence-corrected chi connectivity index (χ0v) is 18.4. The molecule has 1 aliphatic heterocycles. The largest absolute Gasteiger partial charge is 0.398 e. The lowest BCUT2D eigenvalue weighted by molar-refractivity contribution is 0.248. The van der Waals surface area contributed by atoms with Gasteiger partial charge in [-0.1, -0.05) is 78.5 Å². The SMILES string of the molecule is Nc1ccccc1Sc1ccccc1CN1CCN(c2cccc3ccccc23)CC1. The van der Waals surface area contributed by atoms with Crippen molar-refractivity contribution in [2.75, 3.05) is 36.8 Å². The van der Waals surface area contributed by atoms with Crippen molar-refractivity contribution in [3.05, 3.63) is 96.6 Å². The minimum atomic E-state index is 0.839. The van der Waals surface area contributed by atoms with E-state index in [1.807, 2.05) is 18.2 Å². The normalized spacial score (nSPS) is 14.8. The fourth-order valence-corrected chi connectivity index (χ4v) is 5.28. The molecule has 3 nitrogen and oxygen atoms in total. The highest BCUT2D eigenvalue weighted by atomic mass is 32.2. The highest BCUT2D eigenvalue weighted by Crippen LogP contribution is 2.34. The lowest BCUT2D eigenvalue weighted by atomic mass is 10.1. The summed E-state index contributed by atoms with van der Waals surface area (Å²) in [7, 11) is 0. The molecule has 1 heterocycles. The summed E-state index contributed by atoms with van der Waals surface area (Å²) in [6, 6.07) is 32.1. The highest BCUT2D eigenvalue weighted by Gasteiger charge is 2.19. The number of fused-ring (bicyclic) bond motifs is 1. The van der Waals surface area contributed by atoms with Gasteiger partial charge in [-0.15, -0.1) is 0 Å². The fourth-order valence-electron chi connectivity index (χ4n) is 4.30. The second kappa shape index (κ2) is 9.04. The number of nitrogens with zero attached hydrogens (tertiary/aromatic N) is 2. The van der Waals surface area contributed by atoms with E-state index in [0.717, 1.165) is 43.3 Å². The number of hydrogen-bond donors (Lipinski definition) is 1. The molecule has 0 atom stereocenters. The first kappa shape index (κ1) is 20.0. The van der Waals surface area contributed by atoms with E-state index in [1.165, 1.54) is 26.9 Å². The van der Waals surface area contributed by atoms with Crippen molar-refractivity contribution in [3.8, 4) is 0 Å². The smallest absolute Gasteiger partial charge is 0.0455 e. The maximum absolute atomic E-state index is 6.18. The molecule has 0 bridgehead atoms. The molecule has 1 fully saturated rings. The van der Waals surface area contributed by atoms with E-state index in [0.29, 0.717) is 0 Å². The van der Waals surface area contributed by atoms with E-state index in [-0.39, 0.29) is 0 Å². The van der Waals surface area contributed by atoms with Crippen LogP contribution in [0.25, 0.3) is 10.8 Å². The van der Waals surface area contributed by atoms with E-state index in [4.69, 9.17) is 5.73 Å². The van der Waals surface area contributed by atoms with Crippen molar-refractivity contribution in [2.45, 2.75) is 16.3 Å². The predicted molar refractivity (Wildman–Crippen MR) is 133 cm³/mol. The summed E-state index contributed by atoms with van der Waals surface area (Å²) >= 11 is 1.77. The first-order valence-corrected chi connectivity index (χ1v) is 11.6. The molecule has 0 saturated carbocycles. The number of nitrogen functional groups attached to an aromatic ring is 1. The molecule has 0 aromatic heterocycles. The Balaban J connectivity index is 1.28. The summed E-state index contributed by atoms with van der Waals surface area (Å²) in [6.07, 6.45) is 0. The van der Waals surface area contributed by atoms with Crippen LogP contribution in [0, 0.1) is 0 Å². The van der Waals surface area contributed by atoms with Crippen molar-refractivity contribution in [3.63, 3.8) is 0 Å². The molecule has 4 aromatic rings. The molecule has 0 amide bonds. The molecule has 31 heavy (non-hydrogen) atoms. The molecule has 1 aliphatic rings. The Labute approximate surface area is 188 Å². The van der Waals surface area contributed by atoms with E-state index < -0.39 is 0 Å².